The molecule has 0 atom stereocenters. The molecule has 2 N–H and O–H groups in total. The number of aromatic nitrogens is 1. The van der Waals surface area contributed by atoms with Gasteiger partial charge in [-0.25, -0.2) is 4.79 Å². The number of rotatable bonds is 3. The number of anilines is 1. The Kier molecular flexibility index (Phi) is 5.06. The minimum Gasteiger partial charge on any atom is -0.334 e. The highest BCUT2D eigenvalue weighted by Gasteiger charge is 2.09. The highest BCUT2D eigenvalue weighted by atomic mass is 35.5. The number of hydrogen-bond donors (Lipinski definition) is 2. The topological polar surface area (TPSA) is 54.0 Å². The van der Waals surface area contributed by atoms with Gasteiger partial charge in [0.1, 0.15) is 0 Å². The molecule has 0 saturated carbocycles. The molecule has 0 aliphatic heterocycles. The van der Waals surface area contributed by atoms with Crippen molar-refractivity contribution in [3.05, 3.63) is 57.3 Å². The molecule has 0 unspecified atom stereocenters. The van der Waals surface area contributed by atoms with Crippen LogP contribution in [-0.2, 0) is 6.54 Å². The normalized spacial score (nSPS) is 10.2. The van der Waals surface area contributed by atoms with Crippen molar-refractivity contribution >= 4 is 46.5 Å². The van der Waals surface area contributed by atoms with Gasteiger partial charge in [0, 0.05) is 18.9 Å². The summed E-state index contributed by atoms with van der Waals surface area (Å²) in [5, 5.41) is 6.25. The largest absolute Gasteiger partial charge is 0.334 e. The first-order valence-electron chi connectivity index (χ1n) is 5.64. The van der Waals surface area contributed by atoms with Crippen LogP contribution in [-0.4, -0.2) is 11.0 Å². The van der Waals surface area contributed by atoms with E-state index in [0.717, 1.165) is 5.56 Å². The van der Waals surface area contributed by atoms with Gasteiger partial charge in [-0.15, -0.1) is 0 Å². The lowest BCUT2D eigenvalue weighted by Gasteiger charge is -2.10. The molecule has 7 heteroatoms. The second-order valence-electron chi connectivity index (χ2n) is 3.92. The smallest absolute Gasteiger partial charge is 0.319 e. The van der Waals surface area contributed by atoms with Crippen LogP contribution in [0.3, 0.4) is 0 Å². The third kappa shape index (κ3) is 4.00. The standard InChI is InChI=1S/C13H10Cl3N3O/c14-9-4-11(16)12(5-10(9)15)19-13(20)18-7-8-2-1-3-17-6-8/h1-6H,7H2,(H2,18,19,20). The Hall–Kier alpha value is -1.49. The van der Waals surface area contributed by atoms with Crippen molar-refractivity contribution < 1.29 is 4.79 Å². The highest BCUT2D eigenvalue weighted by molar-refractivity contribution is 6.44. The Bertz CT molecular complexity index is 620. The summed E-state index contributed by atoms with van der Waals surface area (Å²) in [4.78, 5) is 15.7. The van der Waals surface area contributed by atoms with Crippen LogP contribution in [0.4, 0.5) is 10.5 Å². The zero-order valence-electron chi connectivity index (χ0n) is 10.2. The van der Waals surface area contributed by atoms with Gasteiger partial charge >= 0.3 is 6.03 Å². The molecule has 0 bridgehead atoms. The molecule has 0 spiro atoms. The summed E-state index contributed by atoms with van der Waals surface area (Å²) in [6, 6.07) is 6.23. The Morgan fingerprint density at radius 3 is 2.60 bits per heavy atom. The maximum Gasteiger partial charge on any atom is 0.319 e. The van der Waals surface area contributed by atoms with Crippen LogP contribution < -0.4 is 10.6 Å². The van der Waals surface area contributed by atoms with Crippen LogP contribution in [0.2, 0.25) is 15.1 Å². The van der Waals surface area contributed by atoms with E-state index in [9.17, 15) is 4.79 Å². The first kappa shape index (κ1) is 14.9. The molecule has 2 aromatic rings. The van der Waals surface area contributed by atoms with E-state index < -0.39 is 6.03 Å². The molecule has 0 saturated heterocycles. The average Bonchev–Trinajstić information content (AvgIpc) is 2.44. The van der Waals surface area contributed by atoms with Gasteiger partial charge in [0.15, 0.2) is 0 Å². The predicted molar refractivity (Wildman–Crippen MR) is 81.6 cm³/mol. The molecular formula is C13H10Cl3N3O. The third-order valence-corrected chi connectivity index (χ3v) is 3.47. The van der Waals surface area contributed by atoms with Crippen molar-refractivity contribution in [3.8, 4) is 0 Å². The first-order chi connectivity index (χ1) is 9.56. The number of amides is 2. The number of halogens is 3. The molecule has 4 nitrogen and oxygen atoms in total. The summed E-state index contributed by atoms with van der Waals surface area (Å²) >= 11 is 17.7. The van der Waals surface area contributed by atoms with Crippen molar-refractivity contribution in [1.82, 2.24) is 10.3 Å². The third-order valence-electron chi connectivity index (χ3n) is 2.43. The maximum atomic E-state index is 11.8. The van der Waals surface area contributed by atoms with Crippen molar-refractivity contribution in [2.24, 2.45) is 0 Å². The van der Waals surface area contributed by atoms with Gasteiger partial charge in [-0.05, 0) is 23.8 Å². The van der Waals surface area contributed by atoms with Gasteiger partial charge in [-0.2, -0.15) is 0 Å². The monoisotopic (exact) mass is 329 g/mol. The number of urea groups is 1. The number of pyridine rings is 1. The second kappa shape index (κ2) is 6.79. The summed E-state index contributed by atoms with van der Waals surface area (Å²) in [7, 11) is 0. The zero-order chi connectivity index (χ0) is 14.5. The first-order valence-corrected chi connectivity index (χ1v) is 6.78. The molecule has 1 heterocycles. The van der Waals surface area contributed by atoms with Gasteiger partial charge in [-0.1, -0.05) is 40.9 Å². The van der Waals surface area contributed by atoms with E-state index in [1.165, 1.54) is 12.1 Å². The molecule has 0 aliphatic carbocycles. The lowest BCUT2D eigenvalue weighted by Crippen LogP contribution is -2.28. The number of nitrogens with one attached hydrogen (secondary N) is 2. The van der Waals surface area contributed by atoms with Gasteiger partial charge < -0.3 is 10.6 Å². The predicted octanol–water partition coefficient (Wildman–Crippen LogP) is 4.36. The number of benzene rings is 1. The van der Waals surface area contributed by atoms with E-state index in [1.54, 1.807) is 18.5 Å². The molecule has 20 heavy (non-hydrogen) atoms. The number of hydrogen-bond acceptors (Lipinski definition) is 2. The van der Waals surface area contributed by atoms with E-state index in [-0.39, 0.29) is 0 Å². The Balaban J connectivity index is 1.97. The molecule has 0 radical (unpaired) electrons. The fourth-order valence-electron chi connectivity index (χ4n) is 1.47. The second-order valence-corrected chi connectivity index (χ2v) is 5.14. The Morgan fingerprint density at radius 2 is 1.90 bits per heavy atom. The quantitative estimate of drug-likeness (QED) is 0.821. The van der Waals surface area contributed by atoms with Crippen LogP contribution in [0.1, 0.15) is 5.56 Å². The number of carbonyl (C=O) groups is 1. The molecule has 0 fully saturated rings. The fourth-order valence-corrected chi connectivity index (χ4v) is 2.06. The van der Waals surface area contributed by atoms with Gasteiger partial charge in [0.2, 0.25) is 0 Å². The van der Waals surface area contributed by atoms with Crippen LogP contribution in [0, 0.1) is 0 Å². The lowest BCUT2D eigenvalue weighted by molar-refractivity contribution is 0.251. The van der Waals surface area contributed by atoms with E-state index >= 15 is 0 Å². The van der Waals surface area contributed by atoms with Crippen molar-refractivity contribution in [1.29, 1.82) is 0 Å². The SMILES string of the molecule is O=C(NCc1cccnc1)Nc1cc(Cl)c(Cl)cc1Cl. The van der Waals surface area contributed by atoms with Crippen molar-refractivity contribution in [2.75, 3.05) is 5.32 Å². The molecule has 0 aliphatic rings. The lowest BCUT2D eigenvalue weighted by atomic mass is 10.3. The average molecular weight is 331 g/mol. The maximum absolute atomic E-state index is 11.8. The summed E-state index contributed by atoms with van der Waals surface area (Å²) in [5.74, 6) is 0. The minimum atomic E-state index is -0.394. The number of carbonyl (C=O) groups excluding carboxylic acids is 1. The molecule has 1 aromatic carbocycles. The summed E-state index contributed by atoms with van der Waals surface area (Å²) in [6.45, 7) is 0.360. The summed E-state index contributed by atoms with van der Waals surface area (Å²) in [6.07, 6.45) is 3.34. The molecule has 104 valence electrons. The van der Waals surface area contributed by atoms with Crippen molar-refractivity contribution in [3.63, 3.8) is 0 Å². The fraction of sp³-hybridized carbons (Fsp3) is 0.0769. The van der Waals surface area contributed by atoms with Gasteiger partial charge in [0.25, 0.3) is 0 Å². The highest BCUT2D eigenvalue weighted by Crippen LogP contribution is 2.32. The van der Waals surface area contributed by atoms with E-state index in [4.69, 9.17) is 34.8 Å². The molecule has 1 aromatic heterocycles. The molecule has 2 amide bonds. The van der Waals surface area contributed by atoms with E-state index in [2.05, 4.69) is 15.6 Å². The van der Waals surface area contributed by atoms with E-state index in [1.807, 2.05) is 6.07 Å². The number of nitrogens with zero attached hydrogens (tertiary/aromatic N) is 1. The van der Waals surface area contributed by atoms with Crippen LogP contribution in [0.5, 0.6) is 0 Å². The summed E-state index contributed by atoms with van der Waals surface area (Å²) < 4.78 is 0. The van der Waals surface area contributed by atoms with Crippen LogP contribution in [0.25, 0.3) is 0 Å². The summed E-state index contributed by atoms with van der Waals surface area (Å²) in [5.41, 5.74) is 1.28. The van der Waals surface area contributed by atoms with Crippen LogP contribution in [0.15, 0.2) is 36.7 Å². The van der Waals surface area contributed by atoms with Crippen molar-refractivity contribution in [2.45, 2.75) is 6.54 Å². The Labute approximate surface area is 131 Å². The van der Waals surface area contributed by atoms with Crippen LogP contribution >= 0.6 is 34.8 Å². The van der Waals surface area contributed by atoms with Gasteiger partial charge in [-0.3, -0.25) is 4.98 Å². The van der Waals surface area contributed by atoms with Gasteiger partial charge in [0.05, 0.1) is 20.8 Å². The Morgan fingerprint density at radius 1 is 1.15 bits per heavy atom. The minimum absolute atomic E-state index is 0.316. The zero-order valence-corrected chi connectivity index (χ0v) is 12.4. The van der Waals surface area contributed by atoms with E-state index in [0.29, 0.717) is 27.3 Å². The molecule has 2 rings (SSSR count). The molecular weight excluding hydrogens is 321 g/mol.